The van der Waals surface area contributed by atoms with Crippen molar-refractivity contribution in [2.24, 2.45) is 0 Å². The molecule has 0 bridgehead atoms. The molecule has 0 aromatic heterocycles. The zero-order valence-electron chi connectivity index (χ0n) is 11.6. The minimum absolute atomic E-state index is 1.02. The molecule has 0 radical (unpaired) electrons. The van der Waals surface area contributed by atoms with Gasteiger partial charge in [0, 0.05) is 21.5 Å². The van der Waals surface area contributed by atoms with Crippen LogP contribution in [0.4, 0.5) is 17.1 Å². The molecule has 21 heavy (non-hydrogen) atoms. The summed E-state index contributed by atoms with van der Waals surface area (Å²) in [7, 11) is 0. The summed E-state index contributed by atoms with van der Waals surface area (Å²) < 4.78 is 1.02. The number of para-hydroxylation sites is 2. The molecule has 0 unspecified atom stereocenters. The molecule has 1 nitrogen and oxygen atoms in total. The molecular weight excluding hydrogens is 369 g/mol. The van der Waals surface area contributed by atoms with Gasteiger partial charge in [-0.1, -0.05) is 71.1 Å². The lowest BCUT2D eigenvalue weighted by molar-refractivity contribution is 1.27. The molecule has 0 saturated heterocycles. The van der Waals surface area contributed by atoms with Gasteiger partial charge >= 0.3 is 0 Å². The summed E-state index contributed by atoms with van der Waals surface area (Å²) in [6, 6.07) is 29.7. The lowest BCUT2D eigenvalue weighted by Crippen LogP contribution is -2.09. The van der Waals surface area contributed by atoms with Gasteiger partial charge in [0.05, 0.1) is 0 Å². The average molecular weight is 385 g/mol. The van der Waals surface area contributed by atoms with E-state index in [1.807, 2.05) is 12.1 Å². The fourth-order valence-corrected chi connectivity index (χ4v) is 2.85. The van der Waals surface area contributed by atoms with Gasteiger partial charge < -0.3 is 4.90 Å². The predicted molar refractivity (Wildman–Crippen MR) is 98.8 cm³/mol. The van der Waals surface area contributed by atoms with Gasteiger partial charge in [0.15, 0.2) is 0 Å². The zero-order valence-corrected chi connectivity index (χ0v) is 13.8. The predicted octanol–water partition coefficient (Wildman–Crippen LogP) is 6.09. The number of benzene rings is 3. The lowest BCUT2D eigenvalue weighted by atomic mass is 10.1. The average Bonchev–Trinajstić information content (AvgIpc) is 2.57. The molecule has 3 rings (SSSR count). The first kappa shape index (κ1) is 14.1. The third-order valence-electron chi connectivity index (χ3n) is 3.35. The van der Waals surface area contributed by atoms with Crippen molar-refractivity contribution in [3.05, 3.63) is 90.5 Å². The van der Waals surface area contributed by atoms with Gasteiger partial charge in [0.1, 0.15) is 0 Å². The van der Waals surface area contributed by atoms with E-state index in [2.05, 4.69) is 100 Å². The van der Waals surface area contributed by atoms with Gasteiger partial charge in [0.2, 0.25) is 0 Å². The van der Waals surface area contributed by atoms with Crippen LogP contribution in [0.3, 0.4) is 0 Å². The van der Waals surface area contributed by atoms with E-state index in [0.717, 1.165) is 4.43 Å². The van der Waals surface area contributed by atoms with Gasteiger partial charge in [-0.2, -0.15) is 0 Å². The van der Waals surface area contributed by atoms with E-state index in [1.54, 1.807) is 0 Å². The molecule has 104 valence electrons. The fraction of sp³-hybridized carbons (Fsp3) is 0.0526. The third kappa shape index (κ3) is 3.27. The summed E-state index contributed by atoms with van der Waals surface area (Å²) >= 11 is 2.40. The molecule has 0 atom stereocenters. The molecule has 0 amide bonds. The number of anilines is 3. The molecule has 0 heterocycles. The Morgan fingerprint density at radius 3 is 1.67 bits per heavy atom. The van der Waals surface area contributed by atoms with E-state index in [9.17, 15) is 0 Å². The number of hydrogen-bond acceptors (Lipinski definition) is 1. The maximum atomic E-state index is 2.40. The van der Waals surface area contributed by atoms with Crippen molar-refractivity contribution in [3.8, 4) is 0 Å². The highest BCUT2D eigenvalue weighted by Gasteiger charge is 2.11. The summed E-state index contributed by atoms with van der Waals surface area (Å²) in [6.45, 7) is 0. The smallest absolute Gasteiger partial charge is 0.0464 e. The second-order valence-electron chi connectivity index (χ2n) is 4.81. The maximum absolute atomic E-state index is 2.40. The van der Waals surface area contributed by atoms with Crippen LogP contribution in [-0.2, 0) is 4.43 Å². The third-order valence-corrected chi connectivity index (χ3v) is 4.23. The minimum Gasteiger partial charge on any atom is -0.310 e. The molecule has 0 spiro atoms. The van der Waals surface area contributed by atoms with Gasteiger partial charge in [-0.3, -0.25) is 0 Å². The van der Waals surface area contributed by atoms with Gasteiger partial charge in [0.25, 0.3) is 0 Å². The van der Waals surface area contributed by atoms with Gasteiger partial charge in [-0.15, -0.1) is 0 Å². The Bertz CT molecular complexity index is 656. The SMILES string of the molecule is ICc1cccc(N(c2ccccc2)c2ccccc2)c1. The van der Waals surface area contributed by atoms with Crippen molar-refractivity contribution in [2.75, 3.05) is 4.90 Å². The number of nitrogens with zero attached hydrogens (tertiary/aromatic N) is 1. The summed E-state index contributed by atoms with van der Waals surface area (Å²) in [6.07, 6.45) is 0. The van der Waals surface area contributed by atoms with Crippen molar-refractivity contribution in [1.29, 1.82) is 0 Å². The number of rotatable bonds is 4. The Kier molecular flexibility index (Phi) is 4.55. The Labute approximate surface area is 139 Å². The first-order valence-corrected chi connectivity index (χ1v) is 8.46. The molecule has 0 aliphatic rings. The first-order chi connectivity index (χ1) is 10.4. The van der Waals surface area contributed by atoms with Crippen LogP contribution in [0.5, 0.6) is 0 Å². The summed E-state index contributed by atoms with van der Waals surface area (Å²) in [5.74, 6) is 0. The summed E-state index contributed by atoms with van der Waals surface area (Å²) in [5.41, 5.74) is 4.88. The standard InChI is InChI=1S/C19H16IN/c20-15-16-8-7-13-19(14-16)21(17-9-3-1-4-10-17)18-11-5-2-6-12-18/h1-14H,15H2. The van der Waals surface area contributed by atoms with E-state index < -0.39 is 0 Å². The van der Waals surface area contributed by atoms with Gasteiger partial charge in [-0.25, -0.2) is 0 Å². The van der Waals surface area contributed by atoms with E-state index in [4.69, 9.17) is 0 Å². The Morgan fingerprint density at radius 2 is 1.14 bits per heavy atom. The minimum atomic E-state index is 1.02. The topological polar surface area (TPSA) is 3.24 Å². The molecular formula is C19H16IN. The van der Waals surface area contributed by atoms with Crippen LogP contribution in [0.1, 0.15) is 5.56 Å². The molecule has 3 aromatic rings. The monoisotopic (exact) mass is 385 g/mol. The van der Waals surface area contributed by atoms with Crippen molar-refractivity contribution in [1.82, 2.24) is 0 Å². The van der Waals surface area contributed by atoms with E-state index >= 15 is 0 Å². The van der Waals surface area contributed by atoms with Crippen LogP contribution in [0.15, 0.2) is 84.9 Å². The fourth-order valence-electron chi connectivity index (χ4n) is 2.38. The van der Waals surface area contributed by atoms with Crippen molar-refractivity contribution < 1.29 is 0 Å². The molecule has 0 aliphatic carbocycles. The van der Waals surface area contributed by atoms with Crippen LogP contribution in [0.25, 0.3) is 0 Å². The number of halogens is 1. The molecule has 0 fully saturated rings. The molecule has 0 saturated carbocycles. The lowest BCUT2D eigenvalue weighted by Gasteiger charge is -2.25. The van der Waals surface area contributed by atoms with Crippen LogP contribution in [-0.4, -0.2) is 0 Å². The maximum Gasteiger partial charge on any atom is 0.0464 e. The van der Waals surface area contributed by atoms with Crippen LogP contribution < -0.4 is 4.90 Å². The molecule has 3 aromatic carbocycles. The summed E-state index contributed by atoms with van der Waals surface area (Å²) in [5, 5.41) is 0. The zero-order chi connectivity index (χ0) is 14.5. The van der Waals surface area contributed by atoms with Crippen LogP contribution in [0.2, 0.25) is 0 Å². The highest BCUT2D eigenvalue weighted by atomic mass is 127. The normalized spacial score (nSPS) is 10.3. The Hall–Kier alpha value is -1.81. The number of alkyl halides is 1. The van der Waals surface area contributed by atoms with E-state index in [0.29, 0.717) is 0 Å². The molecule has 0 aliphatic heterocycles. The van der Waals surface area contributed by atoms with Gasteiger partial charge in [-0.05, 0) is 42.0 Å². The van der Waals surface area contributed by atoms with E-state index in [-0.39, 0.29) is 0 Å². The highest BCUT2D eigenvalue weighted by molar-refractivity contribution is 14.1. The Morgan fingerprint density at radius 1 is 0.619 bits per heavy atom. The largest absolute Gasteiger partial charge is 0.310 e. The van der Waals surface area contributed by atoms with Crippen molar-refractivity contribution >= 4 is 39.7 Å². The van der Waals surface area contributed by atoms with Crippen LogP contribution in [0, 0.1) is 0 Å². The second-order valence-corrected chi connectivity index (χ2v) is 5.57. The second kappa shape index (κ2) is 6.76. The van der Waals surface area contributed by atoms with Crippen molar-refractivity contribution in [3.63, 3.8) is 0 Å². The summed E-state index contributed by atoms with van der Waals surface area (Å²) in [4.78, 5) is 2.29. The first-order valence-electron chi connectivity index (χ1n) is 6.93. The molecule has 2 heteroatoms. The van der Waals surface area contributed by atoms with Crippen LogP contribution >= 0.6 is 22.6 Å². The highest BCUT2D eigenvalue weighted by Crippen LogP contribution is 2.34. The quantitative estimate of drug-likeness (QED) is 0.388. The Balaban J connectivity index is 2.12. The van der Waals surface area contributed by atoms with Crippen molar-refractivity contribution in [2.45, 2.75) is 4.43 Å². The van der Waals surface area contributed by atoms with E-state index in [1.165, 1.54) is 22.6 Å². The molecule has 0 N–H and O–H groups in total. The number of hydrogen-bond donors (Lipinski definition) is 0.